The SMILES string of the molecule is CN(C)c1ccc(NC(=O)c2nnn(-c3ccccc3)c2CSc2ncccn2)cc1. The normalized spacial score (nSPS) is 10.6. The molecular formula is C22H21N7OS. The number of nitrogens with zero attached hydrogens (tertiary/aromatic N) is 6. The van der Waals surface area contributed by atoms with Gasteiger partial charge in [0.15, 0.2) is 10.9 Å². The van der Waals surface area contributed by atoms with Crippen molar-refractivity contribution in [1.29, 1.82) is 0 Å². The van der Waals surface area contributed by atoms with Crippen molar-refractivity contribution in [2.75, 3.05) is 24.3 Å². The highest BCUT2D eigenvalue weighted by Crippen LogP contribution is 2.24. The van der Waals surface area contributed by atoms with Gasteiger partial charge in [-0.2, -0.15) is 0 Å². The van der Waals surface area contributed by atoms with Crippen LogP contribution in [0, 0.1) is 0 Å². The van der Waals surface area contributed by atoms with Gasteiger partial charge in [0, 0.05) is 43.6 Å². The summed E-state index contributed by atoms with van der Waals surface area (Å²) in [4.78, 5) is 23.5. The molecular weight excluding hydrogens is 410 g/mol. The second-order valence-electron chi connectivity index (χ2n) is 6.85. The molecule has 0 aliphatic carbocycles. The monoisotopic (exact) mass is 431 g/mol. The van der Waals surface area contributed by atoms with Crippen LogP contribution in [0.25, 0.3) is 5.69 Å². The van der Waals surface area contributed by atoms with E-state index in [-0.39, 0.29) is 11.6 Å². The number of nitrogens with one attached hydrogen (secondary N) is 1. The van der Waals surface area contributed by atoms with Gasteiger partial charge in [-0.05, 0) is 42.5 Å². The topological polar surface area (TPSA) is 88.8 Å². The Morgan fingerprint density at radius 2 is 1.71 bits per heavy atom. The zero-order valence-corrected chi connectivity index (χ0v) is 18.0. The number of carbonyl (C=O) groups is 1. The maximum absolute atomic E-state index is 13.0. The summed E-state index contributed by atoms with van der Waals surface area (Å²) in [6, 6.07) is 19.0. The van der Waals surface area contributed by atoms with E-state index in [0.717, 1.165) is 11.4 Å². The van der Waals surface area contributed by atoms with Gasteiger partial charge in [0.25, 0.3) is 5.91 Å². The van der Waals surface area contributed by atoms with E-state index in [1.54, 1.807) is 23.1 Å². The first-order valence-corrected chi connectivity index (χ1v) is 10.6. The highest BCUT2D eigenvalue weighted by molar-refractivity contribution is 7.98. The predicted molar refractivity (Wildman–Crippen MR) is 122 cm³/mol. The molecule has 0 bridgehead atoms. The van der Waals surface area contributed by atoms with Crippen LogP contribution in [0.2, 0.25) is 0 Å². The zero-order valence-electron chi connectivity index (χ0n) is 17.1. The number of anilines is 2. The molecule has 1 N–H and O–H groups in total. The third-order valence-electron chi connectivity index (χ3n) is 4.50. The number of hydrogen-bond donors (Lipinski definition) is 1. The summed E-state index contributed by atoms with van der Waals surface area (Å²) in [5, 5.41) is 12.0. The molecule has 1 amide bonds. The van der Waals surface area contributed by atoms with Crippen LogP contribution in [0.4, 0.5) is 11.4 Å². The minimum absolute atomic E-state index is 0.268. The van der Waals surface area contributed by atoms with Crippen LogP contribution < -0.4 is 10.2 Å². The Morgan fingerprint density at radius 3 is 2.39 bits per heavy atom. The van der Waals surface area contributed by atoms with E-state index in [1.807, 2.05) is 73.6 Å². The van der Waals surface area contributed by atoms with E-state index in [4.69, 9.17) is 0 Å². The van der Waals surface area contributed by atoms with E-state index in [9.17, 15) is 4.79 Å². The molecule has 0 spiro atoms. The maximum Gasteiger partial charge on any atom is 0.278 e. The molecule has 2 aromatic heterocycles. The first-order valence-electron chi connectivity index (χ1n) is 9.60. The lowest BCUT2D eigenvalue weighted by atomic mass is 10.2. The Morgan fingerprint density at radius 1 is 1.00 bits per heavy atom. The largest absolute Gasteiger partial charge is 0.378 e. The number of thioether (sulfide) groups is 1. The highest BCUT2D eigenvalue weighted by Gasteiger charge is 2.21. The lowest BCUT2D eigenvalue weighted by Gasteiger charge is -2.13. The summed E-state index contributed by atoms with van der Waals surface area (Å²) >= 11 is 1.42. The Labute approximate surface area is 184 Å². The number of para-hydroxylation sites is 1. The molecule has 0 unspecified atom stereocenters. The number of hydrogen-bond acceptors (Lipinski definition) is 7. The minimum atomic E-state index is -0.315. The van der Waals surface area contributed by atoms with Gasteiger partial charge in [-0.1, -0.05) is 35.2 Å². The molecule has 31 heavy (non-hydrogen) atoms. The molecule has 4 aromatic rings. The number of aromatic nitrogens is 5. The summed E-state index contributed by atoms with van der Waals surface area (Å²) < 4.78 is 1.68. The van der Waals surface area contributed by atoms with E-state index >= 15 is 0 Å². The van der Waals surface area contributed by atoms with E-state index in [2.05, 4.69) is 25.6 Å². The first kappa shape index (κ1) is 20.5. The lowest BCUT2D eigenvalue weighted by molar-refractivity contribution is 0.102. The van der Waals surface area contributed by atoms with Crippen LogP contribution in [0.15, 0.2) is 78.2 Å². The van der Waals surface area contributed by atoms with Crippen LogP contribution in [0.3, 0.4) is 0 Å². The molecule has 0 saturated carbocycles. The highest BCUT2D eigenvalue weighted by atomic mass is 32.2. The zero-order chi connectivity index (χ0) is 21.6. The molecule has 0 radical (unpaired) electrons. The van der Waals surface area contributed by atoms with Gasteiger partial charge in [-0.25, -0.2) is 14.6 Å². The number of amides is 1. The van der Waals surface area contributed by atoms with Gasteiger partial charge in [-0.3, -0.25) is 4.79 Å². The Balaban J connectivity index is 1.61. The number of rotatable bonds is 7. The average Bonchev–Trinajstić information content (AvgIpc) is 3.23. The van der Waals surface area contributed by atoms with E-state index in [0.29, 0.717) is 22.3 Å². The molecule has 2 aromatic carbocycles. The van der Waals surface area contributed by atoms with E-state index < -0.39 is 0 Å². The number of carbonyl (C=O) groups excluding carboxylic acids is 1. The van der Waals surface area contributed by atoms with Gasteiger partial charge in [0.2, 0.25) is 0 Å². The molecule has 0 aliphatic rings. The van der Waals surface area contributed by atoms with Gasteiger partial charge < -0.3 is 10.2 Å². The van der Waals surface area contributed by atoms with Crippen LogP contribution in [-0.4, -0.2) is 45.0 Å². The molecule has 4 rings (SSSR count). The second-order valence-corrected chi connectivity index (χ2v) is 7.79. The Hall–Kier alpha value is -3.72. The van der Waals surface area contributed by atoms with Crippen molar-refractivity contribution >= 4 is 29.0 Å². The minimum Gasteiger partial charge on any atom is -0.378 e. The van der Waals surface area contributed by atoms with Crippen molar-refractivity contribution in [3.8, 4) is 5.69 Å². The molecule has 0 atom stereocenters. The van der Waals surface area contributed by atoms with E-state index in [1.165, 1.54) is 11.8 Å². The van der Waals surface area contributed by atoms with Crippen molar-refractivity contribution in [3.63, 3.8) is 0 Å². The standard InChI is InChI=1S/C22H21N7OS/c1-28(2)17-11-9-16(10-12-17)25-21(30)20-19(15-31-22-23-13-6-14-24-22)29(27-26-20)18-7-4-3-5-8-18/h3-14H,15H2,1-2H3,(H,25,30). The maximum atomic E-state index is 13.0. The Kier molecular flexibility index (Phi) is 6.23. The van der Waals surface area contributed by atoms with Crippen molar-refractivity contribution in [2.45, 2.75) is 10.9 Å². The predicted octanol–water partition coefficient (Wildman–Crippen LogP) is 3.67. The second kappa shape index (κ2) is 9.40. The summed E-state index contributed by atoms with van der Waals surface area (Å²) in [6.45, 7) is 0. The fourth-order valence-corrected chi connectivity index (χ4v) is 3.71. The van der Waals surface area contributed by atoms with Crippen molar-refractivity contribution in [2.24, 2.45) is 0 Å². The molecule has 2 heterocycles. The third-order valence-corrected chi connectivity index (χ3v) is 5.39. The molecule has 0 saturated heterocycles. The quantitative estimate of drug-likeness (QED) is 0.353. The van der Waals surface area contributed by atoms with Crippen LogP contribution in [-0.2, 0) is 5.75 Å². The van der Waals surface area contributed by atoms with Gasteiger partial charge in [-0.15, -0.1) is 5.10 Å². The van der Waals surface area contributed by atoms with Gasteiger partial charge in [0.05, 0.1) is 11.4 Å². The Bertz CT molecular complexity index is 1150. The average molecular weight is 432 g/mol. The summed E-state index contributed by atoms with van der Waals surface area (Å²) in [6.07, 6.45) is 3.38. The van der Waals surface area contributed by atoms with Crippen LogP contribution in [0.1, 0.15) is 16.2 Å². The molecule has 0 aliphatic heterocycles. The fraction of sp³-hybridized carbons (Fsp3) is 0.136. The van der Waals surface area contributed by atoms with Crippen molar-refractivity contribution < 1.29 is 4.79 Å². The summed E-state index contributed by atoms with van der Waals surface area (Å²) in [7, 11) is 3.94. The fourth-order valence-electron chi connectivity index (χ4n) is 2.91. The molecule has 8 nitrogen and oxygen atoms in total. The van der Waals surface area contributed by atoms with Gasteiger partial charge >= 0.3 is 0 Å². The molecule has 9 heteroatoms. The van der Waals surface area contributed by atoms with Crippen molar-refractivity contribution in [3.05, 3.63) is 84.4 Å². The molecule has 0 fully saturated rings. The smallest absolute Gasteiger partial charge is 0.278 e. The third kappa shape index (κ3) is 4.89. The number of benzene rings is 2. The molecule has 156 valence electrons. The summed E-state index contributed by atoms with van der Waals surface area (Å²) in [5.74, 6) is 0.123. The van der Waals surface area contributed by atoms with Crippen LogP contribution >= 0.6 is 11.8 Å². The first-order chi connectivity index (χ1) is 15.1. The van der Waals surface area contributed by atoms with Crippen LogP contribution in [0.5, 0.6) is 0 Å². The lowest BCUT2D eigenvalue weighted by Crippen LogP contribution is -2.15. The van der Waals surface area contributed by atoms with Crippen molar-refractivity contribution in [1.82, 2.24) is 25.0 Å². The van der Waals surface area contributed by atoms with Gasteiger partial charge in [0.1, 0.15) is 0 Å². The summed E-state index contributed by atoms with van der Waals surface area (Å²) in [5.41, 5.74) is 3.51.